The molecule has 5 heteroatoms. The molecule has 1 aromatic heterocycles. The highest BCUT2D eigenvalue weighted by Crippen LogP contribution is 2.44. The quantitative estimate of drug-likeness (QED) is 0.603. The number of hydrogen-bond donors (Lipinski definition) is 1. The first-order chi connectivity index (χ1) is 14.4. The molecule has 0 bridgehead atoms. The highest BCUT2D eigenvalue weighted by atomic mass is 16.5. The molecule has 2 heterocycles. The number of rotatable bonds is 5. The van der Waals surface area contributed by atoms with Crippen LogP contribution in [0.5, 0.6) is 0 Å². The molecule has 31 heavy (non-hydrogen) atoms. The molecule has 0 saturated carbocycles. The Hall–Kier alpha value is -1.88. The number of anilines is 1. The highest BCUT2D eigenvalue weighted by molar-refractivity contribution is 5.86. The van der Waals surface area contributed by atoms with Crippen LogP contribution in [-0.2, 0) is 9.53 Å². The number of carboxylic acid groups (broad SMARTS) is 1. The lowest BCUT2D eigenvalue weighted by molar-refractivity contribution is -0.160. The van der Waals surface area contributed by atoms with Crippen LogP contribution in [0, 0.1) is 19.3 Å². The van der Waals surface area contributed by atoms with Crippen molar-refractivity contribution in [2.45, 2.75) is 98.7 Å². The van der Waals surface area contributed by atoms with Crippen LogP contribution < -0.4 is 4.90 Å². The Morgan fingerprint density at radius 3 is 2.32 bits per heavy atom. The van der Waals surface area contributed by atoms with Crippen molar-refractivity contribution >= 4 is 17.2 Å². The molecule has 1 aromatic rings. The zero-order valence-electron chi connectivity index (χ0n) is 20.5. The molecule has 0 spiro atoms. The molecule has 0 aromatic carbocycles. The van der Waals surface area contributed by atoms with E-state index >= 15 is 0 Å². The van der Waals surface area contributed by atoms with Crippen molar-refractivity contribution in [2.75, 3.05) is 18.0 Å². The maximum absolute atomic E-state index is 12.5. The number of piperidine rings is 1. The second-order valence-corrected chi connectivity index (χ2v) is 11.0. The zero-order chi connectivity index (χ0) is 23.0. The molecular formula is C26H40N2O3. The zero-order valence-corrected chi connectivity index (χ0v) is 20.5. The van der Waals surface area contributed by atoms with Crippen molar-refractivity contribution in [2.24, 2.45) is 5.41 Å². The monoisotopic (exact) mass is 428 g/mol. The van der Waals surface area contributed by atoms with Gasteiger partial charge in [0.15, 0.2) is 6.10 Å². The summed E-state index contributed by atoms with van der Waals surface area (Å²) in [4.78, 5) is 19.7. The number of aromatic nitrogens is 1. The standard InChI is InChI=1S/C26H40N2O3/c1-17-20(19-11-9-8-10-12-19)22(28-15-13-26(6,7)14-16-28)21(18(2)27-17)23(24(29)30)31-25(3,4)5/h11,23H,8-10,12-16H2,1-7H3,(H,29,30)/t23-/m0/s1. The van der Waals surface area contributed by atoms with Gasteiger partial charge in [-0.25, -0.2) is 4.79 Å². The average molecular weight is 429 g/mol. The van der Waals surface area contributed by atoms with E-state index in [1.165, 1.54) is 18.4 Å². The minimum absolute atomic E-state index is 0.312. The molecule has 5 nitrogen and oxygen atoms in total. The minimum atomic E-state index is -1.04. The van der Waals surface area contributed by atoms with Gasteiger partial charge >= 0.3 is 5.97 Å². The number of carboxylic acids is 1. The van der Waals surface area contributed by atoms with Crippen LogP contribution in [0.3, 0.4) is 0 Å². The Labute approximate surface area is 187 Å². The SMILES string of the molecule is Cc1nc(C)c([C@H](OC(C)(C)C)C(=O)O)c(N2CCC(C)(C)CC2)c1C1=CCCCC1. The van der Waals surface area contributed by atoms with Gasteiger partial charge < -0.3 is 14.7 Å². The van der Waals surface area contributed by atoms with E-state index in [0.29, 0.717) is 5.41 Å². The van der Waals surface area contributed by atoms with Gasteiger partial charge in [0, 0.05) is 35.6 Å². The van der Waals surface area contributed by atoms with Gasteiger partial charge in [0.1, 0.15) is 0 Å². The molecule has 0 unspecified atom stereocenters. The van der Waals surface area contributed by atoms with Gasteiger partial charge in [0.05, 0.1) is 11.3 Å². The molecular weight excluding hydrogens is 388 g/mol. The number of nitrogens with zero attached hydrogens (tertiary/aromatic N) is 2. The number of hydrogen-bond acceptors (Lipinski definition) is 4. The molecule has 1 atom stereocenters. The number of allylic oxidation sites excluding steroid dienone is 2. The highest BCUT2D eigenvalue weighted by Gasteiger charge is 2.36. The summed E-state index contributed by atoms with van der Waals surface area (Å²) >= 11 is 0. The van der Waals surface area contributed by atoms with Crippen LogP contribution in [0.4, 0.5) is 5.69 Å². The van der Waals surface area contributed by atoms with Crippen LogP contribution >= 0.6 is 0 Å². The second-order valence-electron chi connectivity index (χ2n) is 11.0. The van der Waals surface area contributed by atoms with Crippen molar-refractivity contribution in [1.29, 1.82) is 0 Å². The van der Waals surface area contributed by atoms with Crippen molar-refractivity contribution < 1.29 is 14.6 Å². The topological polar surface area (TPSA) is 62.7 Å². The number of aliphatic carboxylic acids is 1. The minimum Gasteiger partial charge on any atom is -0.479 e. The van der Waals surface area contributed by atoms with Crippen molar-refractivity contribution in [1.82, 2.24) is 4.98 Å². The van der Waals surface area contributed by atoms with E-state index in [4.69, 9.17) is 9.72 Å². The van der Waals surface area contributed by atoms with Gasteiger partial charge in [-0.05, 0) is 84.1 Å². The largest absolute Gasteiger partial charge is 0.479 e. The van der Waals surface area contributed by atoms with Gasteiger partial charge in [0.25, 0.3) is 0 Å². The summed E-state index contributed by atoms with van der Waals surface area (Å²) in [7, 11) is 0. The number of carbonyl (C=O) groups is 1. The van der Waals surface area contributed by atoms with Gasteiger partial charge in [-0.3, -0.25) is 4.98 Å². The summed E-state index contributed by atoms with van der Waals surface area (Å²) in [6.45, 7) is 16.2. The third-order valence-electron chi connectivity index (χ3n) is 6.58. The van der Waals surface area contributed by atoms with E-state index in [-0.39, 0.29) is 0 Å². The van der Waals surface area contributed by atoms with Crippen molar-refractivity contribution in [3.8, 4) is 0 Å². The van der Waals surface area contributed by atoms with Gasteiger partial charge in [0.2, 0.25) is 0 Å². The van der Waals surface area contributed by atoms with Crippen LogP contribution in [0.1, 0.15) is 102 Å². The summed E-state index contributed by atoms with van der Waals surface area (Å²) in [5.41, 5.74) is 5.72. The van der Waals surface area contributed by atoms with E-state index in [0.717, 1.165) is 67.0 Å². The summed E-state index contributed by atoms with van der Waals surface area (Å²) in [5.74, 6) is -0.953. The lowest BCUT2D eigenvalue weighted by Crippen LogP contribution is -2.39. The maximum Gasteiger partial charge on any atom is 0.337 e. The molecule has 1 aliphatic heterocycles. The molecule has 172 valence electrons. The molecule has 0 amide bonds. The van der Waals surface area contributed by atoms with Crippen LogP contribution in [0.25, 0.3) is 5.57 Å². The molecule has 1 N–H and O–H groups in total. The van der Waals surface area contributed by atoms with Crippen LogP contribution in [0.15, 0.2) is 6.08 Å². The second kappa shape index (κ2) is 8.93. The molecule has 0 radical (unpaired) electrons. The Morgan fingerprint density at radius 1 is 1.16 bits per heavy atom. The fraction of sp³-hybridized carbons (Fsp3) is 0.692. The molecule has 1 aliphatic carbocycles. The van der Waals surface area contributed by atoms with Crippen molar-refractivity contribution in [3.05, 3.63) is 28.6 Å². The molecule has 2 aliphatic rings. The molecule has 1 fully saturated rings. The summed E-state index contributed by atoms with van der Waals surface area (Å²) in [6, 6.07) is 0. The smallest absolute Gasteiger partial charge is 0.337 e. The first-order valence-electron chi connectivity index (χ1n) is 11.8. The predicted octanol–water partition coefficient (Wildman–Crippen LogP) is 6.22. The fourth-order valence-corrected chi connectivity index (χ4v) is 4.86. The lowest BCUT2D eigenvalue weighted by atomic mass is 9.81. The van der Waals surface area contributed by atoms with Crippen molar-refractivity contribution in [3.63, 3.8) is 0 Å². The Balaban J connectivity index is 2.23. The van der Waals surface area contributed by atoms with Gasteiger partial charge in [-0.1, -0.05) is 19.9 Å². The maximum atomic E-state index is 12.5. The third-order valence-corrected chi connectivity index (χ3v) is 6.58. The van der Waals surface area contributed by atoms with E-state index < -0.39 is 17.7 Å². The van der Waals surface area contributed by atoms with Crippen LogP contribution in [0.2, 0.25) is 0 Å². The number of pyridine rings is 1. The Morgan fingerprint density at radius 2 is 1.81 bits per heavy atom. The fourth-order valence-electron chi connectivity index (χ4n) is 4.86. The third kappa shape index (κ3) is 5.49. The van der Waals surface area contributed by atoms with E-state index in [1.54, 1.807) is 0 Å². The van der Waals surface area contributed by atoms with E-state index in [2.05, 4.69) is 31.7 Å². The first-order valence-corrected chi connectivity index (χ1v) is 11.8. The normalized spacial score (nSPS) is 20.4. The lowest BCUT2D eigenvalue weighted by Gasteiger charge is -2.41. The summed E-state index contributed by atoms with van der Waals surface area (Å²) < 4.78 is 6.14. The summed E-state index contributed by atoms with van der Waals surface area (Å²) in [5, 5.41) is 10.2. The van der Waals surface area contributed by atoms with Gasteiger partial charge in [-0.15, -0.1) is 0 Å². The van der Waals surface area contributed by atoms with E-state index in [1.807, 2.05) is 27.7 Å². The van der Waals surface area contributed by atoms with Gasteiger partial charge in [-0.2, -0.15) is 0 Å². The summed E-state index contributed by atoms with van der Waals surface area (Å²) in [6.07, 6.45) is 7.95. The average Bonchev–Trinajstić information content (AvgIpc) is 2.66. The predicted molar refractivity (Wildman–Crippen MR) is 127 cm³/mol. The Kier molecular flexibility index (Phi) is 6.85. The van der Waals surface area contributed by atoms with Crippen LogP contribution in [-0.4, -0.2) is 34.8 Å². The first kappa shape index (κ1) is 23.8. The Bertz CT molecular complexity index is 854. The van der Waals surface area contributed by atoms with E-state index in [9.17, 15) is 9.90 Å². The molecule has 1 saturated heterocycles. The number of aryl methyl sites for hydroxylation is 2. The number of ether oxygens (including phenoxy) is 1. The molecule has 3 rings (SSSR count).